The average Bonchev–Trinajstić information content (AvgIpc) is 2.46. The second kappa shape index (κ2) is 10.3. The number of carbonyl (C=O) groups is 2. The molecule has 0 saturated carbocycles. The molecular formula is C12H26O10P2. The minimum Gasteiger partial charge on any atom is -0.481 e. The number of carboxylic acid groups (broad SMARTS) is 1. The maximum Gasteiger partial charge on any atom is 0.344 e. The van der Waals surface area contributed by atoms with E-state index in [4.69, 9.17) is 14.9 Å². The van der Waals surface area contributed by atoms with Crippen molar-refractivity contribution >= 4 is 27.1 Å². The molecule has 0 aliphatic rings. The summed E-state index contributed by atoms with van der Waals surface area (Å²) in [5.74, 6) is -2.04. The molecule has 3 N–H and O–H groups in total. The number of carboxylic acids is 1. The number of hydrogen-bond donors (Lipinski definition) is 3. The molecule has 0 spiro atoms. The Balaban J connectivity index is 0. The molecule has 0 saturated heterocycles. The summed E-state index contributed by atoms with van der Waals surface area (Å²) in [7, 11) is -5.52. The van der Waals surface area contributed by atoms with Gasteiger partial charge >= 0.3 is 27.1 Å². The Morgan fingerprint density at radius 3 is 1.67 bits per heavy atom. The summed E-state index contributed by atoms with van der Waals surface area (Å²) in [4.78, 5) is 39.1. The summed E-state index contributed by atoms with van der Waals surface area (Å²) >= 11 is 0. The van der Waals surface area contributed by atoms with E-state index in [0.29, 0.717) is 0 Å². The van der Waals surface area contributed by atoms with Crippen LogP contribution in [0.2, 0.25) is 0 Å². The molecule has 0 amide bonds. The lowest BCUT2D eigenvalue weighted by atomic mass is 10.2. The van der Waals surface area contributed by atoms with Gasteiger partial charge in [0.05, 0.1) is 6.61 Å². The van der Waals surface area contributed by atoms with Crippen LogP contribution < -0.4 is 0 Å². The highest BCUT2D eigenvalue weighted by Gasteiger charge is 2.46. The van der Waals surface area contributed by atoms with Crippen molar-refractivity contribution in [2.24, 2.45) is 0 Å². The van der Waals surface area contributed by atoms with Crippen LogP contribution in [0.1, 0.15) is 34.1 Å². The Labute approximate surface area is 141 Å². The first-order chi connectivity index (χ1) is 10.7. The van der Waals surface area contributed by atoms with Gasteiger partial charge in [-0.2, -0.15) is 0 Å². The Hall–Kier alpha value is -0.760. The molecule has 0 aliphatic heterocycles. The lowest BCUT2D eigenvalue weighted by Gasteiger charge is -2.22. The third-order valence-corrected chi connectivity index (χ3v) is 7.07. The minimum atomic E-state index is -4.43. The summed E-state index contributed by atoms with van der Waals surface area (Å²) < 4.78 is 35.9. The fraction of sp³-hybridized carbons (Fsp3) is 0.833. The predicted molar refractivity (Wildman–Crippen MR) is 86.1 cm³/mol. The van der Waals surface area contributed by atoms with Crippen LogP contribution in [0.4, 0.5) is 0 Å². The van der Waals surface area contributed by atoms with Crippen molar-refractivity contribution in [1.82, 2.24) is 0 Å². The van der Waals surface area contributed by atoms with Crippen LogP contribution in [-0.2, 0) is 32.5 Å². The molecule has 0 heterocycles. The van der Waals surface area contributed by atoms with Gasteiger partial charge in [-0.25, -0.2) is 0 Å². The third kappa shape index (κ3) is 7.01. The summed E-state index contributed by atoms with van der Waals surface area (Å²) in [6, 6.07) is 0. The van der Waals surface area contributed by atoms with E-state index in [9.17, 15) is 18.7 Å². The van der Waals surface area contributed by atoms with Gasteiger partial charge in [0.25, 0.3) is 0 Å². The van der Waals surface area contributed by atoms with Gasteiger partial charge in [-0.3, -0.25) is 18.7 Å². The monoisotopic (exact) mass is 392 g/mol. The van der Waals surface area contributed by atoms with Crippen molar-refractivity contribution in [3.8, 4) is 0 Å². The lowest BCUT2D eigenvalue weighted by Crippen LogP contribution is -2.33. The van der Waals surface area contributed by atoms with Crippen molar-refractivity contribution in [3.05, 3.63) is 0 Å². The summed E-state index contributed by atoms with van der Waals surface area (Å²) in [5, 5.41) is 6.89. The van der Waals surface area contributed by atoms with Gasteiger partial charge in [-0.1, -0.05) is 6.92 Å². The molecule has 0 rings (SSSR count). The fourth-order valence-electron chi connectivity index (χ4n) is 1.29. The van der Waals surface area contributed by atoms with E-state index in [1.54, 1.807) is 13.8 Å². The normalized spacial score (nSPS) is 13.5. The molecular weight excluding hydrogens is 366 g/mol. The second-order valence-corrected chi connectivity index (χ2v) is 9.63. The Morgan fingerprint density at radius 2 is 1.50 bits per heavy atom. The first-order valence-electron chi connectivity index (χ1n) is 6.91. The highest BCUT2D eigenvalue weighted by Crippen LogP contribution is 2.52. The molecule has 0 bridgehead atoms. The molecule has 12 heteroatoms. The van der Waals surface area contributed by atoms with Gasteiger partial charge in [0.1, 0.15) is 0 Å². The van der Waals surface area contributed by atoms with E-state index in [1.165, 1.54) is 14.2 Å². The maximum atomic E-state index is 11.5. The highest BCUT2D eigenvalue weighted by molar-refractivity contribution is 7.55. The van der Waals surface area contributed by atoms with Crippen LogP contribution in [0.25, 0.3) is 0 Å². The van der Waals surface area contributed by atoms with Crippen LogP contribution in [-0.4, -0.2) is 58.5 Å². The average molecular weight is 392 g/mol. The molecule has 0 aromatic heterocycles. The number of ether oxygens (including phenoxy) is 1. The first-order valence-corrected chi connectivity index (χ1v) is 10.1. The molecule has 1 unspecified atom stereocenters. The molecule has 1 atom stereocenters. The van der Waals surface area contributed by atoms with E-state index < -0.39 is 37.9 Å². The summed E-state index contributed by atoms with van der Waals surface area (Å²) in [6.07, 6.45) is 0.217. The number of carbonyl (C=O) groups excluding carboxylic acids is 1. The van der Waals surface area contributed by atoms with Crippen LogP contribution in [0.3, 0.4) is 0 Å². The van der Waals surface area contributed by atoms with Crippen molar-refractivity contribution in [2.45, 2.75) is 44.9 Å². The quantitative estimate of drug-likeness (QED) is 0.411. The van der Waals surface area contributed by atoms with Crippen LogP contribution in [0, 0.1) is 0 Å². The number of hydrogen-bond acceptors (Lipinski definition) is 7. The van der Waals surface area contributed by atoms with E-state index in [2.05, 4.69) is 13.8 Å². The zero-order valence-electron chi connectivity index (χ0n) is 14.6. The molecule has 10 nitrogen and oxygen atoms in total. The third-order valence-electron chi connectivity index (χ3n) is 3.07. The Kier molecular flexibility index (Phi) is 10.9. The van der Waals surface area contributed by atoms with Crippen LogP contribution in [0.5, 0.6) is 0 Å². The zero-order valence-corrected chi connectivity index (χ0v) is 16.4. The van der Waals surface area contributed by atoms with Crippen LogP contribution >= 0.6 is 15.2 Å². The van der Waals surface area contributed by atoms with Gasteiger partial charge in [-0.05, 0) is 27.2 Å². The van der Waals surface area contributed by atoms with Crippen LogP contribution in [0.15, 0.2) is 0 Å². The first kappa shape index (κ1) is 25.5. The Morgan fingerprint density at radius 1 is 1.08 bits per heavy atom. The van der Waals surface area contributed by atoms with E-state index in [-0.39, 0.29) is 13.0 Å². The zero-order chi connectivity index (χ0) is 19.8. The standard InChI is InChI=1S/2C6H13O5P/c1-4-11-5(7)6(2,3)12(8,9)10;1-4-5(6(7)8)12(9,10-2)11-3/h4H2,1-3H3,(H2,8,9,10);5H,4H2,1-3H3,(H,7,8). The van der Waals surface area contributed by atoms with Crippen molar-refractivity contribution in [3.63, 3.8) is 0 Å². The largest absolute Gasteiger partial charge is 0.481 e. The van der Waals surface area contributed by atoms with E-state index in [1.807, 2.05) is 0 Å². The molecule has 24 heavy (non-hydrogen) atoms. The summed E-state index contributed by atoms with van der Waals surface area (Å²) in [5.41, 5.74) is -1.08. The SMILES string of the molecule is CCC(C(=O)O)P(=O)(OC)OC.CCOC(=O)C(C)(C)P(=O)(O)O. The summed E-state index contributed by atoms with van der Waals surface area (Å²) in [6.45, 7) is 5.62. The molecule has 0 fully saturated rings. The van der Waals surface area contributed by atoms with Gasteiger partial charge < -0.3 is 28.7 Å². The van der Waals surface area contributed by atoms with Gasteiger partial charge in [0, 0.05) is 14.2 Å². The van der Waals surface area contributed by atoms with Crippen molar-refractivity contribution in [2.75, 3.05) is 20.8 Å². The van der Waals surface area contributed by atoms with Crippen molar-refractivity contribution in [1.29, 1.82) is 0 Å². The number of rotatable bonds is 8. The second-order valence-electron chi connectivity index (χ2n) is 4.99. The van der Waals surface area contributed by atoms with E-state index >= 15 is 0 Å². The molecule has 0 aromatic rings. The van der Waals surface area contributed by atoms with E-state index in [0.717, 1.165) is 13.8 Å². The number of esters is 1. The highest BCUT2D eigenvalue weighted by atomic mass is 31.2. The predicted octanol–water partition coefficient (Wildman–Crippen LogP) is 1.84. The molecule has 144 valence electrons. The van der Waals surface area contributed by atoms with Crippen molar-refractivity contribution < 1.29 is 47.4 Å². The smallest absolute Gasteiger partial charge is 0.344 e. The fourth-order valence-corrected chi connectivity index (χ4v) is 2.97. The lowest BCUT2D eigenvalue weighted by molar-refractivity contribution is -0.146. The minimum absolute atomic E-state index is 0.113. The van der Waals surface area contributed by atoms with Gasteiger partial charge in [0.2, 0.25) is 0 Å². The van der Waals surface area contributed by atoms with Gasteiger partial charge in [0.15, 0.2) is 10.8 Å². The topological polar surface area (TPSA) is 157 Å². The van der Waals surface area contributed by atoms with Gasteiger partial charge in [-0.15, -0.1) is 0 Å². The Bertz CT molecular complexity index is 502. The molecule has 0 aromatic carbocycles. The number of aliphatic carboxylic acids is 1. The molecule has 0 aliphatic carbocycles. The maximum absolute atomic E-state index is 11.5. The molecule has 0 radical (unpaired) electrons.